The van der Waals surface area contributed by atoms with Crippen molar-refractivity contribution < 1.29 is 4.39 Å². The molecule has 0 amide bonds. The Morgan fingerprint density at radius 3 is 1.38 bits per heavy atom. The van der Waals surface area contributed by atoms with Crippen LogP contribution in [0.3, 0.4) is 0 Å². The molecule has 0 radical (unpaired) electrons. The first-order valence-corrected chi connectivity index (χ1v) is 16.8. The van der Waals surface area contributed by atoms with Crippen LogP contribution in [0.4, 0.5) is 21.5 Å². The highest BCUT2D eigenvalue weighted by atomic mass is 19.1. The largest absolute Gasteiger partial charge is 0.311 e. The van der Waals surface area contributed by atoms with E-state index in [4.69, 9.17) is 0 Å². The molecule has 0 saturated heterocycles. The maximum atomic E-state index is 14.1. The number of fused-ring (bicyclic) bond motifs is 3. The fourth-order valence-corrected chi connectivity index (χ4v) is 7.33. The van der Waals surface area contributed by atoms with Crippen molar-refractivity contribution in [3.05, 3.63) is 194 Å². The number of aromatic nitrogens is 1. The van der Waals surface area contributed by atoms with Crippen LogP contribution in [-0.4, -0.2) is 4.98 Å². The minimum absolute atomic E-state index is 0.261. The molecular formula is C47H31FN2. The van der Waals surface area contributed by atoms with Gasteiger partial charge in [0.1, 0.15) is 5.82 Å². The molecule has 1 heterocycles. The van der Waals surface area contributed by atoms with Crippen molar-refractivity contribution in [1.82, 2.24) is 4.98 Å². The third-order valence-electron chi connectivity index (χ3n) is 9.63. The van der Waals surface area contributed by atoms with E-state index < -0.39 is 0 Å². The molecule has 0 saturated carbocycles. The van der Waals surface area contributed by atoms with Crippen molar-refractivity contribution in [2.24, 2.45) is 0 Å². The summed E-state index contributed by atoms with van der Waals surface area (Å²) >= 11 is 0. The number of hydrogen-bond acceptors (Lipinski definition) is 2. The van der Waals surface area contributed by atoms with Crippen molar-refractivity contribution in [2.75, 3.05) is 4.90 Å². The highest BCUT2D eigenvalue weighted by Gasteiger charge is 2.19. The smallest absolute Gasteiger partial charge is 0.123 e. The molecule has 0 aliphatic carbocycles. The molecule has 0 fully saturated rings. The predicted octanol–water partition coefficient (Wildman–Crippen LogP) is 13.2. The van der Waals surface area contributed by atoms with E-state index in [2.05, 4.69) is 149 Å². The third kappa shape index (κ3) is 5.17. The van der Waals surface area contributed by atoms with Crippen LogP contribution in [0, 0.1) is 5.82 Å². The first-order valence-electron chi connectivity index (χ1n) is 16.8. The van der Waals surface area contributed by atoms with E-state index in [1.165, 1.54) is 61.1 Å². The second kappa shape index (κ2) is 12.5. The highest BCUT2D eigenvalue weighted by Crippen LogP contribution is 2.46. The maximum absolute atomic E-state index is 14.1. The van der Waals surface area contributed by atoms with Gasteiger partial charge in [-0.1, -0.05) is 115 Å². The molecule has 0 bridgehead atoms. The average molecular weight is 643 g/mol. The quantitative estimate of drug-likeness (QED) is 0.168. The first kappa shape index (κ1) is 29.6. The molecule has 0 spiro atoms. The lowest BCUT2D eigenvalue weighted by Gasteiger charge is -2.26. The van der Waals surface area contributed by atoms with E-state index in [1.807, 2.05) is 24.3 Å². The minimum Gasteiger partial charge on any atom is -0.311 e. The van der Waals surface area contributed by atoms with Crippen molar-refractivity contribution in [3.63, 3.8) is 0 Å². The summed E-state index contributed by atoms with van der Waals surface area (Å²) in [5.74, 6) is -0.261. The van der Waals surface area contributed by atoms with Gasteiger partial charge in [-0.05, 0) is 126 Å². The van der Waals surface area contributed by atoms with Gasteiger partial charge in [0.15, 0.2) is 0 Å². The Kier molecular flexibility index (Phi) is 7.37. The monoisotopic (exact) mass is 642 g/mol. The van der Waals surface area contributed by atoms with Gasteiger partial charge in [-0.3, -0.25) is 4.98 Å². The summed E-state index contributed by atoms with van der Waals surface area (Å²) in [5.41, 5.74) is 9.90. The molecule has 0 unspecified atom stereocenters. The molecule has 236 valence electrons. The molecular weight excluding hydrogens is 612 g/mol. The van der Waals surface area contributed by atoms with Crippen LogP contribution in [0.15, 0.2) is 188 Å². The average Bonchev–Trinajstić information content (AvgIpc) is 3.18. The van der Waals surface area contributed by atoms with Crippen LogP contribution in [0.1, 0.15) is 0 Å². The molecule has 9 aromatic rings. The molecule has 3 heteroatoms. The fraction of sp³-hybridized carbons (Fsp3) is 0. The van der Waals surface area contributed by atoms with E-state index in [9.17, 15) is 4.39 Å². The Morgan fingerprint density at radius 1 is 0.360 bits per heavy atom. The minimum atomic E-state index is -0.261. The fourth-order valence-electron chi connectivity index (χ4n) is 7.33. The van der Waals surface area contributed by atoms with Gasteiger partial charge in [0, 0.05) is 29.5 Å². The van der Waals surface area contributed by atoms with Crippen LogP contribution in [0.5, 0.6) is 0 Å². The highest BCUT2D eigenvalue weighted by molar-refractivity contribution is 6.23. The summed E-state index contributed by atoms with van der Waals surface area (Å²) in [7, 11) is 0. The van der Waals surface area contributed by atoms with E-state index in [0.717, 1.165) is 33.8 Å². The lowest BCUT2D eigenvalue weighted by Crippen LogP contribution is -2.09. The first-order chi connectivity index (χ1) is 24.7. The number of benzene rings is 8. The predicted molar refractivity (Wildman–Crippen MR) is 208 cm³/mol. The Labute approximate surface area is 290 Å². The van der Waals surface area contributed by atoms with Crippen LogP contribution >= 0.6 is 0 Å². The molecule has 9 rings (SSSR count). The summed E-state index contributed by atoms with van der Waals surface area (Å²) in [6.07, 6.45) is 3.61. The summed E-state index contributed by atoms with van der Waals surface area (Å²) < 4.78 is 14.1. The van der Waals surface area contributed by atoms with E-state index in [0.29, 0.717) is 0 Å². The molecule has 1 aromatic heterocycles. The second-order valence-corrected chi connectivity index (χ2v) is 12.5. The van der Waals surface area contributed by atoms with E-state index >= 15 is 0 Å². The zero-order valence-electron chi connectivity index (χ0n) is 27.2. The Hall–Kier alpha value is -6.58. The summed E-state index contributed by atoms with van der Waals surface area (Å²) in [6.45, 7) is 0. The van der Waals surface area contributed by atoms with Gasteiger partial charge >= 0.3 is 0 Å². The molecule has 2 nitrogen and oxygen atoms in total. The number of hydrogen-bond donors (Lipinski definition) is 0. The third-order valence-corrected chi connectivity index (χ3v) is 9.63. The molecule has 8 aromatic carbocycles. The summed E-state index contributed by atoms with van der Waals surface area (Å²) in [4.78, 5) is 6.32. The Balaban J connectivity index is 1.20. The number of nitrogens with zero attached hydrogens (tertiary/aromatic N) is 2. The Bertz CT molecular complexity index is 2570. The van der Waals surface area contributed by atoms with Crippen molar-refractivity contribution in [1.29, 1.82) is 0 Å². The molecule has 50 heavy (non-hydrogen) atoms. The Morgan fingerprint density at radius 2 is 0.800 bits per heavy atom. The van der Waals surface area contributed by atoms with Crippen molar-refractivity contribution in [2.45, 2.75) is 0 Å². The summed E-state index contributed by atoms with van der Waals surface area (Å²) in [5, 5.41) is 7.35. The van der Waals surface area contributed by atoms with Crippen LogP contribution in [-0.2, 0) is 0 Å². The summed E-state index contributed by atoms with van der Waals surface area (Å²) in [6, 6.07) is 60.7. The lowest BCUT2D eigenvalue weighted by molar-refractivity contribution is 0.628. The molecule has 0 aliphatic heterocycles. The lowest BCUT2D eigenvalue weighted by atomic mass is 9.85. The number of rotatable bonds is 6. The van der Waals surface area contributed by atoms with Gasteiger partial charge < -0.3 is 4.90 Å². The number of halogens is 1. The van der Waals surface area contributed by atoms with Crippen molar-refractivity contribution in [3.8, 4) is 33.4 Å². The molecule has 0 N–H and O–H groups in total. The van der Waals surface area contributed by atoms with E-state index in [-0.39, 0.29) is 5.82 Å². The standard InChI is InChI=1S/C47H31FN2/c48-36-20-26-39(27-21-36)50(37-22-16-32(17-23-37)33-28-30-49-31-29-33)38-24-18-35(19-25-38)46-42-11-3-5-13-44(42)47(45-14-6-4-12-43(45)46)41-15-7-9-34-8-1-2-10-40(34)41/h1-31H. The number of anilines is 3. The van der Waals surface area contributed by atoms with Gasteiger partial charge in [-0.2, -0.15) is 0 Å². The van der Waals surface area contributed by atoms with Gasteiger partial charge in [-0.25, -0.2) is 4.39 Å². The van der Waals surface area contributed by atoms with Gasteiger partial charge in [0.05, 0.1) is 0 Å². The maximum Gasteiger partial charge on any atom is 0.123 e. The molecule has 0 aliphatic rings. The topological polar surface area (TPSA) is 16.1 Å². The SMILES string of the molecule is Fc1ccc(N(c2ccc(-c3ccncc3)cc2)c2ccc(-c3c4ccccc4c(-c4cccc5ccccc45)c4ccccc34)cc2)cc1. The van der Waals surface area contributed by atoms with Gasteiger partial charge in [0.25, 0.3) is 0 Å². The van der Waals surface area contributed by atoms with Crippen LogP contribution in [0.25, 0.3) is 65.7 Å². The zero-order chi connectivity index (χ0) is 33.4. The normalized spacial score (nSPS) is 11.3. The zero-order valence-corrected chi connectivity index (χ0v) is 27.2. The van der Waals surface area contributed by atoms with Gasteiger partial charge in [0.2, 0.25) is 0 Å². The van der Waals surface area contributed by atoms with E-state index in [1.54, 1.807) is 12.4 Å². The molecule has 0 atom stereocenters. The van der Waals surface area contributed by atoms with Crippen LogP contribution < -0.4 is 4.90 Å². The second-order valence-electron chi connectivity index (χ2n) is 12.5. The number of pyridine rings is 1. The van der Waals surface area contributed by atoms with Crippen LogP contribution in [0.2, 0.25) is 0 Å². The van der Waals surface area contributed by atoms with Crippen molar-refractivity contribution >= 4 is 49.4 Å². The van der Waals surface area contributed by atoms with Gasteiger partial charge in [-0.15, -0.1) is 0 Å².